The summed E-state index contributed by atoms with van der Waals surface area (Å²) in [6.07, 6.45) is 1.71. The molecule has 0 fully saturated rings. The minimum Gasteiger partial charge on any atom is -0.382 e. The summed E-state index contributed by atoms with van der Waals surface area (Å²) >= 11 is 0. The van der Waals surface area contributed by atoms with Gasteiger partial charge in [-0.2, -0.15) is 0 Å². The zero-order chi connectivity index (χ0) is 16.0. The first kappa shape index (κ1) is 17.4. The fraction of sp³-hybridized carbons (Fsp3) is 0.667. The molecule has 0 aromatic carbocycles. The minimum absolute atomic E-state index is 0.0721. The number of aromatic nitrogens is 2. The van der Waals surface area contributed by atoms with E-state index in [-0.39, 0.29) is 11.8 Å². The molecule has 0 aliphatic carbocycles. The van der Waals surface area contributed by atoms with Crippen molar-refractivity contribution in [2.24, 2.45) is 0 Å². The molecule has 6 heteroatoms. The largest absolute Gasteiger partial charge is 0.382 e. The molecular weight excluding hydrogens is 266 g/mol. The Kier molecular flexibility index (Phi) is 6.55. The van der Waals surface area contributed by atoms with Crippen molar-refractivity contribution >= 4 is 11.6 Å². The molecule has 0 aliphatic rings. The number of anilines is 1. The zero-order valence-electron chi connectivity index (χ0n) is 14.0. The lowest BCUT2D eigenvalue weighted by molar-refractivity contribution is 0.0781. The van der Waals surface area contributed by atoms with Crippen molar-refractivity contribution in [1.82, 2.24) is 19.8 Å². The van der Waals surface area contributed by atoms with Crippen molar-refractivity contribution in [1.29, 1.82) is 0 Å². The highest BCUT2D eigenvalue weighted by Gasteiger charge is 2.19. The van der Waals surface area contributed by atoms with Crippen molar-refractivity contribution in [3.63, 3.8) is 0 Å². The van der Waals surface area contributed by atoms with Gasteiger partial charge in [0.25, 0.3) is 5.91 Å². The van der Waals surface area contributed by atoms with Crippen LogP contribution in [0, 0.1) is 0 Å². The lowest BCUT2D eigenvalue weighted by Gasteiger charge is -2.21. The first-order valence-corrected chi connectivity index (χ1v) is 7.37. The monoisotopic (exact) mass is 293 g/mol. The summed E-state index contributed by atoms with van der Waals surface area (Å²) in [6.45, 7) is 8.24. The molecule has 1 aromatic heterocycles. The summed E-state index contributed by atoms with van der Waals surface area (Å²) in [5.74, 6) is 0.817. The van der Waals surface area contributed by atoms with Crippen molar-refractivity contribution in [3.05, 3.63) is 17.7 Å². The van der Waals surface area contributed by atoms with E-state index in [0.29, 0.717) is 23.8 Å². The van der Waals surface area contributed by atoms with Crippen molar-refractivity contribution in [2.75, 3.05) is 46.1 Å². The molecule has 0 unspecified atom stereocenters. The number of hydrogen-bond donors (Lipinski definition) is 1. The van der Waals surface area contributed by atoms with Crippen LogP contribution in [0.15, 0.2) is 6.20 Å². The van der Waals surface area contributed by atoms with Gasteiger partial charge in [-0.15, -0.1) is 0 Å². The van der Waals surface area contributed by atoms with E-state index in [2.05, 4.69) is 20.2 Å². The van der Waals surface area contributed by atoms with E-state index in [1.54, 1.807) is 18.1 Å². The Morgan fingerprint density at radius 3 is 2.48 bits per heavy atom. The maximum Gasteiger partial charge on any atom is 0.274 e. The molecule has 1 heterocycles. The van der Waals surface area contributed by atoms with Crippen LogP contribution in [0.2, 0.25) is 0 Å². The van der Waals surface area contributed by atoms with Gasteiger partial charge in [0.05, 0.1) is 11.9 Å². The maximum absolute atomic E-state index is 12.6. The van der Waals surface area contributed by atoms with E-state index < -0.39 is 0 Å². The summed E-state index contributed by atoms with van der Waals surface area (Å²) in [5, 5.41) is 3.16. The number of likely N-dealkylation sites (N-methyl/N-ethyl adjacent to an activating group) is 2. The second kappa shape index (κ2) is 7.93. The second-order valence-corrected chi connectivity index (χ2v) is 5.71. The molecule has 1 aromatic rings. The van der Waals surface area contributed by atoms with Crippen molar-refractivity contribution in [3.8, 4) is 0 Å². The molecule has 0 atom stereocenters. The number of amides is 1. The van der Waals surface area contributed by atoms with Crippen LogP contribution in [0.25, 0.3) is 0 Å². The van der Waals surface area contributed by atoms with Crippen LogP contribution in [-0.2, 0) is 0 Å². The van der Waals surface area contributed by atoms with E-state index >= 15 is 0 Å². The van der Waals surface area contributed by atoms with Crippen LogP contribution in [0.3, 0.4) is 0 Å². The highest BCUT2D eigenvalue weighted by Crippen LogP contribution is 2.17. The van der Waals surface area contributed by atoms with Gasteiger partial charge in [-0.25, -0.2) is 9.97 Å². The lowest BCUT2D eigenvalue weighted by atomic mass is 10.2. The normalized spacial score (nSPS) is 11.0. The van der Waals surface area contributed by atoms with Gasteiger partial charge in [-0.1, -0.05) is 13.8 Å². The Labute approximate surface area is 127 Å². The fourth-order valence-corrected chi connectivity index (χ4v) is 1.79. The van der Waals surface area contributed by atoms with E-state index in [1.807, 2.05) is 34.9 Å². The van der Waals surface area contributed by atoms with Gasteiger partial charge in [-0.3, -0.25) is 4.79 Å². The van der Waals surface area contributed by atoms with E-state index in [0.717, 1.165) is 13.1 Å². The third-order valence-electron chi connectivity index (χ3n) is 3.12. The summed E-state index contributed by atoms with van der Waals surface area (Å²) in [4.78, 5) is 25.1. The number of nitrogens with one attached hydrogen (secondary N) is 1. The number of hydrogen-bond acceptors (Lipinski definition) is 5. The molecule has 0 saturated carbocycles. The summed E-state index contributed by atoms with van der Waals surface area (Å²) in [6, 6.07) is 0. The van der Waals surface area contributed by atoms with Gasteiger partial charge in [0, 0.05) is 32.6 Å². The summed E-state index contributed by atoms with van der Waals surface area (Å²) in [7, 11) is 5.78. The molecule has 0 aliphatic heterocycles. The van der Waals surface area contributed by atoms with Gasteiger partial charge >= 0.3 is 0 Å². The maximum atomic E-state index is 12.6. The zero-order valence-corrected chi connectivity index (χ0v) is 14.0. The lowest BCUT2D eigenvalue weighted by Crippen LogP contribution is -2.34. The fourth-order valence-electron chi connectivity index (χ4n) is 1.79. The SMILES string of the molecule is CCNc1cnc(C(C)C)nc1C(=O)N(C)CCN(C)C. The Balaban J connectivity index is 3.01. The van der Waals surface area contributed by atoms with Gasteiger partial charge < -0.3 is 15.1 Å². The Morgan fingerprint density at radius 2 is 1.95 bits per heavy atom. The average Bonchev–Trinajstić information content (AvgIpc) is 2.44. The number of rotatable bonds is 7. The van der Waals surface area contributed by atoms with Gasteiger partial charge in [0.1, 0.15) is 5.82 Å². The van der Waals surface area contributed by atoms with E-state index in [1.165, 1.54) is 0 Å². The van der Waals surface area contributed by atoms with Crippen LogP contribution in [0.4, 0.5) is 5.69 Å². The minimum atomic E-state index is -0.0721. The quantitative estimate of drug-likeness (QED) is 0.828. The standard InChI is InChI=1S/C15H27N5O/c1-7-16-12-10-17-14(11(2)3)18-13(12)15(21)20(6)9-8-19(4)5/h10-11,16H,7-9H2,1-6H3. The Morgan fingerprint density at radius 1 is 1.29 bits per heavy atom. The smallest absolute Gasteiger partial charge is 0.274 e. The predicted molar refractivity (Wildman–Crippen MR) is 85.8 cm³/mol. The first-order chi connectivity index (χ1) is 9.86. The molecule has 1 N–H and O–H groups in total. The van der Waals surface area contributed by atoms with Crippen LogP contribution in [0.5, 0.6) is 0 Å². The molecular formula is C15H27N5O. The van der Waals surface area contributed by atoms with Crippen LogP contribution < -0.4 is 5.32 Å². The molecule has 0 bridgehead atoms. The Hall–Kier alpha value is -1.69. The van der Waals surface area contributed by atoms with Crippen LogP contribution >= 0.6 is 0 Å². The van der Waals surface area contributed by atoms with Crippen molar-refractivity contribution < 1.29 is 4.79 Å². The number of carbonyl (C=O) groups excluding carboxylic acids is 1. The van der Waals surface area contributed by atoms with Crippen molar-refractivity contribution in [2.45, 2.75) is 26.7 Å². The molecule has 0 radical (unpaired) electrons. The second-order valence-electron chi connectivity index (χ2n) is 5.71. The molecule has 1 amide bonds. The summed E-state index contributed by atoms with van der Waals surface area (Å²) in [5.41, 5.74) is 1.15. The van der Waals surface area contributed by atoms with E-state index in [4.69, 9.17) is 0 Å². The third-order valence-corrected chi connectivity index (χ3v) is 3.12. The summed E-state index contributed by atoms with van der Waals surface area (Å²) < 4.78 is 0. The molecule has 21 heavy (non-hydrogen) atoms. The molecule has 0 spiro atoms. The average molecular weight is 293 g/mol. The molecule has 6 nitrogen and oxygen atoms in total. The predicted octanol–water partition coefficient (Wildman–Crippen LogP) is 1.67. The van der Waals surface area contributed by atoms with Crippen LogP contribution in [0.1, 0.15) is 43.0 Å². The third kappa shape index (κ3) is 4.97. The van der Waals surface area contributed by atoms with Gasteiger partial charge in [-0.05, 0) is 21.0 Å². The first-order valence-electron chi connectivity index (χ1n) is 7.37. The van der Waals surface area contributed by atoms with E-state index in [9.17, 15) is 4.79 Å². The van der Waals surface area contributed by atoms with Crippen LogP contribution in [-0.4, -0.2) is 66.5 Å². The van der Waals surface area contributed by atoms with Gasteiger partial charge in [0.2, 0.25) is 0 Å². The number of nitrogens with zero attached hydrogens (tertiary/aromatic N) is 4. The number of carbonyl (C=O) groups is 1. The molecule has 0 saturated heterocycles. The Bertz CT molecular complexity index is 473. The highest BCUT2D eigenvalue weighted by molar-refractivity contribution is 5.97. The topological polar surface area (TPSA) is 61.4 Å². The highest BCUT2D eigenvalue weighted by atomic mass is 16.2. The molecule has 118 valence electrons. The van der Waals surface area contributed by atoms with Gasteiger partial charge in [0.15, 0.2) is 5.69 Å². The molecule has 1 rings (SSSR count).